The summed E-state index contributed by atoms with van der Waals surface area (Å²) in [6.45, 7) is 21.8. The van der Waals surface area contributed by atoms with Gasteiger partial charge in [0.15, 0.2) is 0 Å². The van der Waals surface area contributed by atoms with Crippen molar-refractivity contribution in [2.45, 2.75) is 137 Å². The Morgan fingerprint density at radius 2 is 1.33 bits per heavy atom. The molecule has 2 rings (SSSR count). The van der Waals surface area contributed by atoms with Crippen LogP contribution in [0.25, 0.3) is 0 Å². The summed E-state index contributed by atoms with van der Waals surface area (Å²) in [7, 11) is 0. The van der Waals surface area contributed by atoms with E-state index in [-0.39, 0.29) is 11.9 Å². The summed E-state index contributed by atoms with van der Waals surface area (Å²) < 4.78 is 12.6. The molecule has 0 spiro atoms. The molecule has 0 aliphatic carbocycles. The van der Waals surface area contributed by atoms with Crippen LogP contribution < -0.4 is 32.1 Å². The predicted molar refractivity (Wildman–Crippen MR) is 198 cm³/mol. The van der Waals surface area contributed by atoms with Crippen molar-refractivity contribution in [3.8, 4) is 0 Å². The lowest BCUT2D eigenvalue weighted by molar-refractivity contribution is -0.126. The summed E-state index contributed by atoms with van der Waals surface area (Å²) in [6, 6.07) is 9.06. The number of hydrogen-bond donors (Lipinski definition) is 6. The van der Waals surface area contributed by atoms with Gasteiger partial charge in [0.1, 0.15) is 17.0 Å². The van der Waals surface area contributed by atoms with E-state index in [9.17, 15) is 19.2 Å². The SMILES string of the molecule is CC(C)(C)NC(=O)N[C@@H](CCCCNC(=O)OC(C)(C)C)c1nc(C(C)(C)C(=O)NNCCCNC(=O)OC(C)(C)C)cn1Cc1ccccc1. The van der Waals surface area contributed by atoms with E-state index in [1.165, 1.54) is 0 Å². The Morgan fingerprint density at radius 3 is 1.88 bits per heavy atom. The maximum Gasteiger partial charge on any atom is 0.407 e. The Hall–Kier alpha value is -4.33. The molecular formula is C37H62N8O6. The molecule has 2 aromatic rings. The fourth-order valence-electron chi connectivity index (χ4n) is 4.79. The van der Waals surface area contributed by atoms with Crippen LogP contribution in [0.1, 0.15) is 125 Å². The third-order valence-electron chi connectivity index (χ3n) is 7.25. The van der Waals surface area contributed by atoms with Gasteiger partial charge in [-0.15, -0.1) is 0 Å². The van der Waals surface area contributed by atoms with E-state index in [0.717, 1.165) is 5.56 Å². The van der Waals surface area contributed by atoms with Crippen LogP contribution in [0.4, 0.5) is 14.4 Å². The highest BCUT2D eigenvalue weighted by Gasteiger charge is 2.35. The molecule has 1 aromatic heterocycles. The van der Waals surface area contributed by atoms with Crippen molar-refractivity contribution < 1.29 is 28.7 Å². The fourth-order valence-corrected chi connectivity index (χ4v) is 4.79. The second-order valence-electron chi connectivity index (χ2n) is 16.2. The lowest BCUT2D eigenvalue weighted by atomic mass is 9.89. The largest absolute Gasteiger partial charge is 0.444 e. The number of amides is 5. The van der Waals surface area contributed by atoms with Crippen LogP contribution in [-0.2, 0) is 26.2 Å². The zero-order chi connectivity index (χ0) is 38.5. The van der Waals surface area contributed by atoms with Crippen molar-refractivity contribution >= 4 is 24.1 Å². The van der Waals surface area contributed by atoms with Crippen LogP contribution in [-0.4, -0.2) is 70.1 Å². The van der Waals surface area contributed by atoms with Gasteiger partial charge in [0.25, 0.3) is 0 Å². The first-order valence-electron chi connectivity index (χ1n) is 17.7. The maximum absolute atomic E-state index is 13.5. The van der Waals surface area contributed by atoms with Crippen molar-refractivity contribution in [2.75, 3.05) is 19.6 Å². The minimum Gasteiger partial charge on any atom is -0.444 e. The number of imidazole rings is 1. The van der Waals surface area contributed by atoms with Crippen LogP contribution in [0.15, 0.2) is 36.5 Å². The van der Waals surface area contributed by atoms with Gasteiger partial charge in [-0.05, 0) is 107 Å². The Morgan fingerprint density at radius 1 is 0.765 bits per heavy atom. The first kappa shape index (κ1) is 42.8. The molecule has 5 amide bonds. The molecule has 51 heavy (non-hydrogen) atoms. The minimum absolute atomic E-state index is 0.290. The van der Waals surface area contributed by atoms with Crippen LogP contribution >= 0.6 is 0 Å². The Balaban J connectivity index is 2.23. The molecular weight excluding hydrogens is 652 g/mol. The van der Waals surface area contributed by atoms with Gasteiger partial charge in [-0.25, -0.2) is 24.8 Å². The molecule has 0 fully saturated rings. The predicted octanol–water partition coefficient (Wildman–Crippen LogP) is 5.58. The van der Waals surface area contributed by atoms with Gasteiger partial charge in [0.2, 0.25) is 5.91 Å². The highest BCUT2D eigenvalue weighted by Crippen LogP contribution is 2.28. The zero-order valence-corrected chi connectivity index (χ0v) is 32.5. The smallest absolute Gasteiger partial charge is 0.407 e. The number of unbranched alkanes of at least 4 members (excludes halogenated alkanes) is 1. The lowest BCUT2D eigenvalue weighted by Gasteiger charge is -2.25. The monoisotopic (exact) mass is 714 g/mol. The van der Waals surface area contributed by atoms with Gasteiger partial charge in [0.05, 0.1) is 17.2 Å². The quantitative estimate of drug-likeness (QED) is 0.0965. The van der Waals surface area contributed by atoms with Crippen molar-refractivity contribution in [3.63, 3.8) is 0 Å². The Labute approximate surface area is 303 Å². The minimum atomic E-state index is -1.05. The average Bonchev–Trinajstić information content (AvgIpc) is 3.40. The standard InChI is InChI=1S/C37H62N8O6/c1-34(2,3)43-31(47)41-27(20-15-16-21-38-32(48)50-35(4,5)6)29-42-28(25-45(29)24-26-18-13-12-14-19-26)37(10,11)30(46)44-40-23-17-22-39-33(49)51-36(7,8)9/h12-14,18-19,25,27,40H,15-17,20-24H2,1-11H3,(H,38,48)(H,39,49)(H,44,46)(H2,41,43,47)/t27-/m0/s1. The zero-order valence-electron chi connectivity index (χ0n) is 32.5. The second-order valence-corrected chi connectivity index (χ2v) is 16.2. The number of benzene rings is 1. The number of aromatic nitrogens is 2. The molecule has 0 bridgehead atoms. The van der Waals surface area contributed by atoms with Crippen LogP contribution in [0.5, 0.6) is 0 Å². The van der Waals surface area contributed by atoms with Crippen molar-refractivity contribution in [2.24, 2.45) is 0 Å². The molecule has 0 aliphatic heterocycles. The number of urea groups is 1. The van der Waals surface area contributed by atoms with Crippen LogP contribution in [0.3, 0.4) is 0 Å². The van der Waals surface area contributed by atoms with E-state index < -0.39 is 40.4 Å². The van der Waals surface area contributed by atoms with Crippen LogP contribution in [0.2, 0.25) is 0 Å². The van der Waals surface area contributed by atoms with E-state index in [1.807, 2.05) is 82.6 Å². The number of nitrogens with one attached hydrogen (secondary N) is 6. The summed E-state index contributed by atoms with van der Waals surface area (Å²) in [5.41, 5.74) is 4.62. The molecule has 14 nitrogen and oxygen atoms in total. The van der Waals surface area contributed by atoms with Crippen molar-refractivity contribution in [1.29, 1.82) is 0 Å². The summed E-state index contributed by atoms with van der Waals surface area (Å²) in [5.74, 6) is 0.321. The Bertz CT molecular complexity index is 1420. The maximum atomic E-state index is 13.5. The summed E-state index contributed by atoms with van der Waals surface area (Å²) in [4.78, 5) is 55.7. The van der Waals surface area contributed by atoms with Crippen molar-refractivity contribution in [1.82, 2.24) is 41.7 Å². The normalized spacial score (nSPS) is 12.8. The van der Waals surface area contributed by atoms with Gasteiger partial charge in [-0.3, -0.25) is 10.2 Å². The Kier molecular flexibility index (Phi) is 15.8. The molecule has 0 saturated heterocycles. The van der Waals surface area contributed by atoms with E-state index in [0.29, 0.717) is 63.4 Å². The van der Waals surface area contributed by atoms with Crippen molar-refractivity contribution in [3.05, 3.63) is 53.6 Å². The molecule has 1 aromatic carbocycles. The fraction of sp³-hybridized carbons (Fsp3) is 0.649. The van der Waals surface area contributed by atoms with Gasteiger partial charge >= 0.3 is 18.2 Å². The molecule has 6 N–H and O–H groups in total. The molecule has 0 radical (unpaired) electrons. The number of carbonyl (C=O) groups is 4. The number of carbonyl (C=O) groups excluding carboxylic acids is 4. The van der Waals surface area contributed by atoms with E-state index >= 15 is 0 Å². The van der Waals surface area contributed by atoms with Crippen LogP contribution in [0, 0.1) is 0 Å². The number of ether oxygens (including phenoxy) is 2. The number of hydrazine groups is 1. The summed E-state index contributed by atoms with van der Waals surface area (Å²) in [6.07, 6.45) is 3.32. The summed E-state index contributed by atoms with van der Waals surface area (Å²) >= 11 is 0. The first-order valence-corrected chi connectivity index (χ1v) is 17.7. The first-order chi connectivity index (χ1) is 23.6. The van der Waals surface area contributed by atoms with Gasteiger partial charge in [0, 0.05) is 37.9 Å². The topological polar surface area (TPSA) is 177 Å². The average molecular weight is 715 g/mol. The second kappa shape index (κ2) is 18.8. The van der Waals surface area contributed by atoms with Gasteiger partial charge in [-0.2, -0.15) is 0 Å². The lowest BCUT2D eigenvalue weighted by Crippen LogP contribution is -2.48. The number of nitrogens with zero attached hydrogens (tertiary/aromatic N) is 2. The molecule has 1 atom stereocenters. The van der Waals surface area contributed by atoms with Gasteiger partial charge < -0.3 is 35.3 Å². The highest BCUT2D eigenvalue weighted by atomic mass is 16.6. The van der Waals surface area contributed by atoms with E-state index in [2.05, 4.69) is 32.1 Å². The number of alkyl carbamates (subject to hydrolysis) is 2. The third-order valence-corrected chi connectivity index (χ3v) is 7.25. The molecule has 0 unspecified atom stereocenters. The molecule has 14 heteroatoms. The summed E-state index contributed by atoms with van der Waals surface area (Å²) in [5, 5.41) is 11.6. The van der Waals surface area contributed by atoms with E-state index in [1.54, 1.807) is 34.6 Å². The highest BCUT2D eigenvalue weighted by molar-refractivity contribution is 5.86. The molecule has 0 saturated carbocycles. The van der Waals surface area contributed by atoms with Gasteiger partial charge in [-0.1, -0.05) is 30.3 Å². The molecule has 1 heterocycles. The number of rotatable bonds is 16. The molecule has 286 valence electrons. The number of hydrogen-bond acceptors (Lipinski definition) is 8. The molecule has 0 aliphatic rings. The van der Waals surface area contributed by atoms with E-state index in [4.69, 9.17) is 14.5 Å². The third kappa shape index (κ3) is 17.0.